The molecule has 0 fully saturated rings. The Labute approximate surface area is 152 Å². The van der Waals surface area contributed by atoms with E-state index in [1.54, 1.807) is 19.1 Å². The molecule has 0 aromatic heterocycles. The second-order valence-electron chi connectivity index (χ2n) is 5.83. The Bertz CT molecular complexity index is 737. The van der Waals surface area contributed by atoms with Crippen molar-refractivity contribution in [1.82, 2.24) is 10.2 Å². The van der Waals surface area contributed by atoms with Crippen LogP contribution in [0.3, 0.4) is 0 Å². The van der Waals surface area contributed by atoms with Gasteiger partial charge in [-0.15, -0.1) is 0 Å². The molecule has 1 atom stereocenters. The average molecular weight is 358 g/mol. The van der Waals surface area contributed by atoms with Crippen LogP contribution in [-0.2, 0) is 16.0 Å². The number of hydrogen-bond donors (Lipinski definition) is 1. The molecule has 0 bridgehead atoms. The standard InChI is InChI=1S/C20H23FN2O3/c1-15(20(25)22-2)23(13-12-16-8-4-3-5-9-16)19(24)14-26-18-11-7-6-10-17(18)21/h3-11,15H,12-14H2,1-2H3,(H,22,25). The van der Waals surface area contributed by atoms with Crippen LogP contribution < -0.4 is 10.1 Å². The number of para-hydroxylation sites is 1. The summed E-state index contributed by atoms with van der Waals surface area (Å²) in [5.74, 6) is -1.16. The molecule has 0 radical (unpaired) electrons. The molecule has 1 unspecified atom stereocenters. The number of rotatable bonds is 8. The van der Waals surface area contributed by atoms with Crippen molar-refractivity contribution < 1.29 is 18.7 Å². The zero-order valence-corrected chi connectivity index (χ0v) is 14.9. The Balaban J connectivity index is 2.05. The highest BCUT2D eigenvalue weighted by atomic mass is 19.1. The van der Waals surface area contributed by atoms with Gasteiger partial charge in [0.05, 0.1) is 0 Å². The molecule has 0 saturated heterocycles. The number of likely N-dealkylation sites (N-methyl/N-ethyl adjacent to an activating group) is 1. The maximum absolute atomic E-state index is 13.6. The first kappa shape index (κ1) is 19.4. The molecule has 26 heavy (non-hydrogen) atoms. The summed E-state index contributed by atoms with van der Waals surface area (Å²) in [6, 6.07) is 14.9. The Morgan fingerprint density at radius 2 is 1.77 bits per heavy atom. The number of halogens is 1. The van der Waals surface area contributed by atoms with Crippen molar-refractivity contribution >= 4 is 11.8 Å². The van der Waals surface area contributed by atoms with Gasteiger partial charge in [0.2, 0.25) is 5.91 Å². The van der Waals surface area contributed by atoms with Crippen LogP contribution in [0, 0.1) is 5.82 Å². The molecule has 5 nitrogen and oxygen atoms in total. The molecular formula is C20H23FN2O3. The fourth-order valence-corrected chi connectivity index (χ4v) is 2.56. The van der Waals surface area contributed by atoms with Crippen LogP contribution in [0.15, 0.2) is 54.6 Å². The van der Waals surface area contributed by atoms with E-state index < -0.39 is 11.9 Å². The molecule has 0 heterocycles. The average Bonchev–Trinajstić information content (AvgIpc) is 2.67. The lowest BCUT2D eigenvalue weighted by molar-refractivity contribution is -0.141. The monoisotopic (exact) mass is 358 g/mol. The first-order valence-corrected chi connectivity index (χ1v) is 8.45. The summed E-state index contributed by atoms with van der Waals surface area (Å²) in [7, 11) is 1.52. The quantitative estimate of drug-likeness (QED) is 0.788. The Morgan fingerprint density at radius 3 is 2.42 bits per heavy atom. The second-order valence-corrected chi connectivity index (χ2v) is 5.83. The predicted octanol–water partition coefficient (Wildman–Crippen LogP) is 2.41. The number of hydrogen-bond acceptors (Lipinski definition) is 3. The molecule has 0 aliphatic carbocycles. The lowest BCUT2D eigenvalue weighted by Crippen LogP contribution is -2.49. The van der Waals surface area contributed by atoms with Crippen LogP contribution in [0.1, 0.15) is 12.5 Å². The van der Waals surface area contributed by atoms with E-state index in [0.717, 1.165) is 5.56 Å². The van der Waals surface area contributed by atoms with E-state index in [4.69, 9.17) is 4.74 Å². The number of nitrogens with one attached hydrogen (secondary N) is 1. The first-order valence-electron chi connectivity index (χ1n) is 8.45. The summed E-state index contributed by atoms with van der Waals surface area (Å²) in [5, 5.41) is 2.55. The SMILES string of the molecule is CNC(=O)C(C)N(CCc1ccccc1)C(=O)COc1ccccc1F. The molecule has 6 heteroatoms. The van der Waals surface area contributed by atoms with Crippen LogP contribution >= 0.6 is 0 Å². The van der Waals surface area contributed by atoms with E-state index in [0.29, 0.717) is 13.0 Å². The van der Waals surface area contributed by atoms with E-state index in [9.17, 15) is 14.0 Å². The first-order chi connectivity index (χ1) is 12.5. The summed E-state index contributed by atoms with van der Waals surface area (Å²) in [6.45, 7) is 1.68. The molecular weight excluding hydrogens is 335 g/mol. The van der Waals surface area contributed by atoms with E-state index in [1.165, 1.54) is 24.1 Å². The minimum atomic E-state index is -0.652. The summed E-state index contributed by atoms with van der Waals surface area (Å²) >= 11 is 0. The zero-order chi connectivity index (χ0) is 18.9. The third-order valence-corrected chi connectivity index (χ3v) is 4.09. The number of nitrogens with zero attached hydrogens (tertiary/aromatic N) is 1. The van der Waals surface area contributed by atoms with Crippen molar-refractivity contribution in [3.05, 3.63) is 66.0 Å². The van der Waals surface area contributed by atoms with Crippen molar-refractivity contribution in [2.45, 2.75) is 19.4 Å². The largest absolute Gasteiger partial charge is 0.481 e. The lowest BCUT2D eigenvalue weighted by Gasteiger charge is -2.28. The van der Waals surface area contributed by atoms with Crippen LogP contribution in [-0.4, -0.2) is 43.0 Å². The summed E-state index contributed by atoms with van der Waals surface area (Å²) < 4.78 is 18.9. The molecule has 2 aromatic carbocycles. The number of carbonyl (C=O) groups excluding carboxylic acids is 2. The smallest absolute Gasteiger partial charge is 0.261 e. The molecule has 2 rings (SSSR count). The van der Waals surface area contributed by atoms with Crippen molar-refractivity contribution in [3.63, 3.8) is 0 Å². The number of benzene rings is 2. The van der Waals surface area contributed by atoms with Gasteiger partial charge in [-0.2, -0.15) is 0 Å². The Morgan fingerprint density at radius 1 is 1.12 bits per heavy atom. The number of carbonyl (C=O) groups is 2. The van der Waals surface area contributed by atoms with E-state index >= 15 is 0 Å². The van der Waals surface area contributed by atoms with Crippen LogP contribution in [0.2, 0.25) is 0 Å². The maximum atomic E-state index is 13.6. The van der Waals surface area contributed by atoms with Gasteiger partial charge >= 0.3 is 0 Å². The van der Waals surface area contributed by atoms with E-state index in [1.807, 2.05) is 30.3 Å². The highest BCUT2D eigenvalue weighted by Gasteiger charge is 2.25. The lowest BCUT2D eigenvalue weighted by atomic mass is 10.1. The molecule has 0 saturated carbocycles. The normalized spacial score (nSPS) is 11.5. The second kappa shape index (κ2) is 9.56. The van der Waals surface area contributed by atoms with Gasteiger partial charge in [-0.1, -0.05) is 42.5 Å². The minimum absolute atomic E-state index is 0.0106. The van der Waals surface area contributed by atoms with Gasteiger partial charge in [-0.25, -0.2) is 4.39 Å². The minimum Gasteiger partial charge on any atom is -0.481 e. The summed E-state index contributed by atoms with van der Waals surface area (Å²) in [5.41, 5.74) is 1.06. The molecule has 2 aromatic rings. The third-order valence-electron chi connectivity index (χ3n) is 4.09. The molecule has 0 aliphatic heterocycles. The molecule has 2 amide bonds. The molecule has 138 valence electrons. The van der Waals surface area contributed by atoms with Gasteiger partial charge in [0.15, 0.2) is 18.2 Å². The molecule has 0 spiro atoms. The van der Waals surface area contributed by atoms with Gasteiger partial charge in [-0.05, 0) is 31.0 Å². The molecule has 0 aliphatic rings. The summed E-state index contributed by atoms with van der Waals surface area (Å²) in [4.78, 5) is 26.1. The van der Waals surface area contributed by atoms with E-state index in [-0.39, 0.29) is 24.2 Å². The number of ether oxygens (including phenoxy) is 1. The van der Waals surface area contributed by atoms with Crippen LogP contribution in [0.25, 0.3) is 0 Å². The highest BCUT2D eigenvalue weighted by molar-refractivity contribution is 5.87. The topological polar surface area (TPSA) is 58.6 Å². The van der Waals surface area contributed by atoms with Gasteiger partial charge in [-0.3, -0.25) is 9.59 Å². The fourth-order valence-electron chi connectivity index (χ4n) is 2.56. The van der Waals surface area contributed by atoms with Crippen molar-refractivity contribution in [2.75, 3.05) is 20.2 Å². The Hall–Kier alpha value is -2.89. The number of amides is 2. The van der Waals surface area contributed by atoms with Crippen LogP contribution in [0.5, 0.6) is 5.75 Å². The van der Waals surface area contributed by atoms with Crippen molar-refractivity contribution in [3.8, 4) is 5.75 Å². The van der Waals surface area contributed by atoms with E-state index in [2.05, 4.69) is 5.32 Å². The third kappa shape index (κ3) is 5.31. The predicted molar refractivity (Wildman–Crippen MR) is 97.3 cm³/mol. The van der Waals surface area contributed by atoms with Gasteiger partial charge < -0.3 is 15.0 Å². The zero-order valence-electron chi connectivity index (χ0n) is 14.9. The van der Waals surface area contributed by atoms with Crippen molar-refractivity contribution in [1.29, 1.82) is 0 Å². The Kier molecular flexibility index (Phi) is 7.14. The van der Waals surface area contributed by atoms with Crippen molar-refractivity contribution in [2.24, 2.45) is 0 Å². The van der Waals surface area contributed by atoms with Gasteiger partial charge in [0.25, 0.3) is 5.91 Å². The summed E-state index contributed by atoms with van der Waals surface area (Å²) in [6.07, 6.45) is 0.605. The molecule has 1 N–H and O–H groups in total. The fraction of sp³-hybridized carbons (Fsp3) is 0.300. The highest BCUT2D eigenvalue weighted by Crippen LogP contribution is 2.15. The maximum Gasteiger partial charge on any atom is 0.261 e. The van der Waals surface area contributed by atoms with Gasteiger partial charge in [0.1, 0.15) is 6.04 Å². The van der Waals surface area contributed by atoms with Crippen LogP contribution in [0.4, 0.5) is 4.39 Å². The van der Waals surface area contributed by atoms with Gasteiger partial charge in [0, 0.05) is 13.6 Å².